The molecule has 0 unspecified atom stereocenters. The minimum absolute atomic E-state index is 0.107. The number of hydrogen-bond acceptors (Lipinski definition) is 6. The number of carbonyl (C=O) groups excluding carboxylic acids is 1. The Bertz CT molecular complexity index is 1170. The fourth-order valence-electron chi connectivity index (χ4n) is 2.79. The van der Waals surface area contributed by atoms with Crippen molar-refractivity contribution in [2.75, 3.05) is 26.0 Å². The summed E-state index contributed by atoms with van der Waals surface area (Å²) in [5.74, 6) is -0.226. The van der Waals surface area contributed by atoms with Crippen molar-refractivity contribution in [1.82, 2.24) is 9.29 Å². The quantitative estimate of drug-likeness (QED) is 0.528. The highest BCUT2D eigenvalue weighted by molar-refractivity contribution is 7.89. The van der Waals surface area contributed by atoms with Gasteiger partial charge in [-0.1, -0.05) is 6.07 Å². The van der Waals surface area contributed by atoms with Gasteiger partial charge in [0.1, 0.15) is 12.4 Å². The van der Waals surface area contributed by atoms with E-state index in [1.165, 1.54) is 14.2 Å². The molecule has 1 aromatic heterocycles. The van der Waals surface area contributed by atoms with Crippen molar-refractivity contribution in [2.24, 2.45) is 0 Å². The maximum absolute atomic E-state index is 13.1. The molecule has 0 aliphatic rings. The number of methoxy groups -OCH3 is 1. The van der Waals surface area contributed by atoms with E-state index in [0.29, 0.717) is 17.2 Å². The Morgan fingerprint density at radius 2 is 1.88 bits per heavy atom. The van der Waals surface area contributed by atoms with Crippen LogP contribution in [0.2, 0.25) is 0 Å². The average Bonchev–Trinajstić information content (AvgIpc) is 2.78. The van der Waals surface area contributed by atoms with Gasteiger partial charge in [-0.05, 0) is 42.5 Å². The van der Waals surface area contributed by atoms with Crippen LogP contribution in [-0.2, 0) is 21.4 Å². The molecule has 0 aliphatic heterocycles. The number of nitrogens with zero attached hydrogens (tertiary/aromatic N) is 2. The van der Waals surface area contributed by atoms with E-state index in [1.807, 2.05) is 6.07 Å². The molecule has 0 saturated heterocycles. The van der Waals surface area contributed by atoms with E-state index in [9.17, 15) is 17.6 Å². The summed E-state index contributed by atoms with van der Waals surface area (Å²) in [6.07, 6.45) is 3.34. The van der Waals surface area contributed by atoms with Crippen molar-refractivity contribution in [3.05, 3.63) is 78.4 Å². The van der Waals surface area contributed by atoms with E-state index in [4.69, 9.17) is 9.47 Å². The number of ether oxygens (including phenoxy) is 2. The number of pyridine rings is 1. The predicted octanol–water partition coefficient (Wildman–Crippen LogP) is 3.07. The normalized spacial score (nSPS) is 11.2. The number of benzene rings is 2. The standard InChI is InChI=1S/C22H22FN3O5S/c1-26(32(28,29)19-8-5-17(23)6-9-19)14-22(27)25-18-7-10-20(30-2)21(12-18)31-15-16-4-3-11-24-13-16/h3-13H,14-15H2,1-2H3,(H,25,27). The Balaban J connectivity index is 1.66. The number of anilines is 1. The predicted molar refractivity (Wildman–Crippen MR) is 116 cm³/mol. The summed E-state index contributed by atoms with van der Waals surface area (Å²) in [6, 6.07) is 12.9. The van der Waals surface area contributed by atoms with Crippen LogP contribution in [0.25, 0.3) is 0 Å². The Labute approximate surface area is 185 Å². The fraction of sp³-hybridized carbons (Fsp3) is 0.182. The molecule has 1 amide bonds. The maximum Gasteiger partial charge on any atom is 0.243 e. The van der Waals surface area contributed by atoms with Crippen molar-refractivity contribution >= 4 is 21.6 Å². The molecular formula is C22H22FN3O5S. The SMILES string of the molecule is COc1ccc(NC(=O)CN(C)S(=O)(=O)c2ccc(F)cc2)cc1OCc1cccnc1. The molecule has 0 spiro atoms. The summed E-state index contributed by atoms with van der Waals surface area (Å²) in [4.78, 5) is 16.4. The van der Waals surface area contributed by atoms with Gasteiger partial charge in [0.15, 0.2) is 11.5 Å². The molecule has 32 heavy (non-hydrogen) atoms. The molecule has 0 bridgehead atoms. The topological polar surface area (TPSA) is 97.8 Å². The van der Waals surface area contributed by atoms with Gasteiger partial charge in [-0.15, -0.1) is 0 Å². The van der Waals surface area contributed by atoms with E-state index in [1.54, 1.807) is 36.7 Å². The summed E-state index contributed by atoms with van der Waals surface area (Å²) >= 11 is 0. The number of amides is 1. The fourth-order valence-corrected chi connectivity index (χ4v) is 3.91. The highest BCUT2D eigenvalue weighted by Gasteiger charge is 2.23. The Hall–Kier alpha value is -3.50. The Morgan fingerprint density at radius 3 is 2.53 bits per heavy atom. The molecule has 2 aromatic carbocycles. The van der Waals surface area contributed by atoms with Crippen molar-refractivity contribution in [3.8, 4) is 11.5 Å². The molecule has 0 fully saturated rings. The van der Waals surface area contributed by atoms with Gasteiger partial charge in [-0.2, -0.15) is 4.31 Å². The van der Waals surface area contributed by atoms with Gasteiger partial charge in [-0.3, -0.25) is 9.78 Å². The first-order valence-corrected chi connectivity index (χ1v) is 10.9. The van der Waals surface area contributed by atoms with E-state index < -0.39 is 28.3 Å². The lowest BCUT2D eigenvalue weighted by Crippen LogP contribution is -2.35. The van der Waals surface area contributed by atoms with Gasteiger partial charge in [0, 0.05) is 36.8 Å². The van der Waals surface area contributed by atoms with Crippen LogP contribution < -0.4 is 14.8 Å². The minimum Gasteiger partial charge on any atom is -0.493 e. The third-order valence-electron chi connectivity index (χ3n) is 4.45. The zero-order chi connectivity index (χ0) is 23.1. The van der Waals surface area contributed by atoms with Gasteiger partial charge >= 0.3 is 0 Å². The molecule has 1 N–H and O–H groups in total. The minimum atomic E-state index is -3.95. The molecule has 8 nitrogen and oxygen atoms in total. The van der Waals surface area contributed by atoms with Crippen LogP contribution >= 0.6 is 0 Å². The second kappa shape index (κ2) is 10.2. The number of hydrogen-bond donors (Lipinski definition) is 1. The molecule has 168 valence electrons. The van der Waals surface area contributed by atoms with Crippen LogP contribution in [0.3, 0.4) is 0 Å². The zero-order valence-corrected chi connectivity index (χ0v) is 18.3. The van der Waals surface area contributed by atoms with Crippen LogP contribution in [0.1, 0.15) is 5.56 Å². The molecule has 0 saturated carbocycles. The van der Waals surface area contributed by atoms with Gasteiger partial charge in [0.25, 0.3) is 0 Å². The molecule has 0 radical (unpaired) electrons. The first-order chi connectivity index (χ1) is 15.3. The number of rotatable bonds is 9. The van der Waals surface area contributed by atoms with Crippen LogP contribution in [0.15, 0.2) is 71.9 Å². The summed E-state index contributed by atoms with van der Waals surface area (Å²) in [7, 11) is -1.17. The van der Waals surface area contributed by atoms with Crippen molar-refractivity contribution in [1.29, 1.82) is 0 Å². The lowest BCUT2D eigenvalue weighted by molar-refractivity contribution is -0.116. The lowest BCUT2D eigenvalue weighted by atomic mass is 10.2. The van der Waals surface area contributed by atoms with E-state index in [-0.39, 0.29) is 11.5 Å². The monoisotopic (exact) mass is 459 g/mol. The van der Waals surface area contributed by atoms with Gasteiger partial charge < -0.3 is 14.8 Å². The lowest BCUT2D eigenvalue weighted by Gasteiger charge is -2.17. The molecule has 3 rings (SSSR count). The Morgan fingerprint density at radius 1 is 1.12 bits per heavy atom. The van der Waals surface area contributed by atoms with E-state index in [0.717, 1.165) is 34.1 Å². The molecule has 10 heteroatoms. The molecule has 1 heterocycles. The number of carbonyl (C=O) groups is 1. The number of nitrogens with one attached hydrogen (secondary N) is 1. The van der Waals surface area contributed by atoms with E-state index >= 15 is 0 Å². The first kappa shape index (κ1) is 23.2. The zero-order valence-electron chi connectivity index (χ0n) is 17.5. The van der Waals surface area contributed by atoms with Gasteiger partial charge in [0.05, 0.1) is 18.6 Å². The molecule has 0 atom stereocenters. The van der Waals surface area contributed by atoms with Crippen molar-refractivity contribution in [3.63, 3.8) is 0 Å². The van der Waals surface area contributed by atoms with Crippen LogP contribution in [0, 0.1) is 5.82 Å². The third-order valence-corrected chi connectivity index (χ3v) is 6.27. The Kier molecular flexibility index (Phi) is 7.39. The average molecular weight is 459 g/mol. The van der Waals surface area contributed by atoms with Crippen LogP contribution in [0.4, 0.5) is 10.1 Å². The maximum atomic E-state index is 13.1. The molecular weight excluding hydrogens is 437 g/mol. The first-order valence-electron chi connectivity index (χ1n) is 9.51. The number of halogens is 1. The molecule has 3 aromatic rings. The smallest absolute Gasteiger partial charge is 0.243 e. The third kappa shape index (κ3) is 5.80. The summed E-state index contributed by atoms with van der Waals surface area (Å²) in [5.41, 5.74) is 1.26. The second-order valence-corrected chi connectivity index (χ2v) is 8.82. The van der Waals surface area contributed by atoms with Crippen molar-refractivity contribution < 1.29 is 27.1 Å². The van der Waals surface area contributed by atoms with Crippen LogP contribution in [0.5, 0.6) is 11.5 Å². The van der Waals surface area contributed by atoms with Gasteiger partial charge in [0.2, 0.25) is 15.9 Å². The van der Waals surface area contributed by atoms with Crippen LogP contribution in [-0.4, -0.2) is 44.3 Å². The highest BCUT2D eigenvalue weighted by Crippen LogP contribution is 2.31. The van der Waals surface area contributed by atoms with E-state index in [2.05, 4.69) is 10.3 Å². The second-order valence-electron chi connectivity index (χ2n) is 6.78. The summed E-state index contributed by atoms with van der Waals surface area (Å²) in [6.45, 7) is -0.183. The number of sulfonamides is 1. The highest BCUT2D eigenvalue weighted by atomic mass is 32.2. The van der Waals surface area contributed by atoms with Crippen molar-refractivity contribution in [2.45, 2.75) is 11.5 Å². The summed E-state index contributed by atoms with van der Waals surface area (Å²) < 4.78 is 50.2. The molecule has 0 aliphatic carbocycles. The largest absolute Gasteiger partial charge is 0.493 e. The summed E-state index contributed by atoms with van der Waals surface area (Å²) in [5, 5.41) is 2.64. The van der Waals surface area contributed by atoms with Gasteiger partial charge in [-0.25, -0.2) is 12.8 Å². The number of aromatic nitrogens is 1. The number of likely N-dealkylation sites (N-methyl/N-ethyl adjacent to an activating group) is 1.